The Kier molecular flexibility index (Phi) is 4.55. The van der Waals surface area contributed by atoms with Crippen LogP contribution in [0, 0.1) is 0 Å². The van der Waals surface area contributed by atoms with Gasteiger partial charge in [-0.05, 0) is 12.8 Å². The summed E-state index contributed by atoms with van der Waals surface area (Å²) >= 11 is 0. The molecule has 5 heteroatoms. The summed E-state index contributed by atoms with van der Waals surface area (Å²) in [5.74, 6) is -1.27. The standard InChI is InChI=1S/C10H17NO4/c12-8-4-2-1-3-7(8)11-9(13)5-6-10(14)15/h7-8,12H,1-6H2,(H,11,13)(H,14,15)/t7-,8-/m1/s1. The number of aliphatic hydroxyl groups is 1. The van der Waals surface area contributed by atoms with Crippen LogP contribution in [0.5, 0.6) is 0 Å². The van der Waals surface area contributed by atoms with Crippen LogP contribution < -0.4 is 5.32 Å². The first-order valence-corrected chi connectivity index (χ1v) is 5.29. The molecule has 0 unspecified atom stereocenters. The highest BCUT2D eigenvalue weighted by Crippen LogP contribution is 2.18. The molecule has 15 heavy (non-hydrogen) atoms. The van der Waals surface area contributed by atoms with Crippen molar-refractivity contribution in [2.24, 2.45) is 0 Å². The second-order valence-corrected chi connectivity index (χ2v) is 3.92. The third-order valence-electron chi connectivity index (χ3n) is 2.64. The number of rotatable bonds is 4. The molecular weight excluding hydrogens is 198 g/mol. The molecule has 1 rings (SSSR count). The summed E-state index contributed by atoms with van der Waals surface area (Å²) in [4.78, 5) is 21.5. The molecule has 0 saturated heterocycles. The monoisotopic (exact) mass is 215 g/mol. The zero-order valence-electron chi connectivity index (χ0n) is 8.61. The number of carbonyl (C=O) groups excluding carboxylic acids is 1. The van der Waals surface area contributed by atoms with Gasteiger partial charge in [0.25, 0.3) is 0 Å². The number of nitrogens with one attached hydrogen (secondary N) is 1. The van der Waals surface area contributed by atoms with Crippen LogP contribution in [0.25, 0.3) is 0 Å². The van der Waals surface area contributed by atoms with Gasteiger partial charge >= 0.3 is 5.97 Å². The van der Waals surface area contributed by atoms with E-state index in [2.05, 4.69) is 5.32 Å². The lowest BCUT2D eigenvalue weighted by molar-refractivity contribution is -0.139. The van der Waals surface area contributed by atoms with Crippen molar-refractivity contribution in [3.8, 4) is 0 Å². The van der Waals surface area contributed by atoms with Crippen LogP contribution in [0.2, 0.25) is 0 Å². The molecule has 0 aromatic heterocycles. The van der Waals surface area contributed by atoms with E-state index in [1.54, 1.807) is 0 Å². The Morgan fingerprint density at radius 1 is 1.20 bits per heavy atom. The van der Waals surface area contributed by atoms with Gasteiger partial charge in [0.2, 0.25) is 5.91 Å². The van der Waals surface area contributed by atoms with E-state index in [0.717, 1.165) is 19.3 Å². The van der Waals surface area contributed by atoms with Crippen molar-refractivity contribution in [1.29, 1.82) is 0 Å². The van der Waals surface area contributed by atoms with Crippen molar-refractivity contribution in [3.05, 3.63) is 0 Å². The molecule has 0 spiro atoms. The molecule has 1 aliphatic rings. The lowest BCUT2D eigenvalue weighted by Crippen LogP contribution is -2.45. The van der Waals surface area contributed by atoms with Crippen molar-refractivity contribution < 1.29 is 19.8 Å². The van der Waals surface area contributed by atoms with Crippen LogP contribution in [-0.4, -0.2) is 34.2 Å². The molecule has 0 bridgehead atoms. The summed E-state index contributed by atoms with van der Waals surface area (Å²) in [5.41, 5.74) is 0. The quantitative estimate of drug-likeness (QED) is 0.628. The average molecular weight is 215 g/mol. The van der Waals surface area contributed by atoms with Crippen molar-refractivity contribution in [1.82, 2.24) is 5.32 Å². The second kappa shape index (κ2) is 5.70. The number of hydrogen-bond acceptors (Lipinski definition) is 3. The number of aliphatic hydroxyl groups excluding tert-OH is 1. The predicted molar refractivity (Wildman–Crippen MR) is 53.3 cm³/mol. The molecule has 0 radical (unpaired) electrons. The van der Waals surface area contributed by atoms with Crippen LogP contribution >= 0.6 is 0 Å². The molecule has 2 atom stereocenters. The van der Waals surface area contributed by atoms with Gasteiger partial charge in [-0.25, -0.2) is 0 Å². The van der Waals surface area contributed by atoms with Crippen LogP contribution in [0.15, 0.2) is 0 Å². The van der Waals surface area contributed by atoms with E-state index >= 15 is 0 Å². The normalized spacial score (nSPS) is 25.9. The van der Waals surface area contributed by atoms with Crippen molar-refractivity contribution in [2.45, 2.75) is 50.7 Å². The summed E-state index contributed by atoms with van der Waals surface area (Å²) in [5, 5.41) is 20.6. The SMILES string of the molecule is O=C(O)CCC(=O)N[C@@H]1CCCC[C@H]1O. The van der Waals surface area contributed by atoms with Gasteiger partial charge in [0, 0.05) is 6.42 Å². The largest absolute Gasteiger partial charge is 0.481 e. The fourth-order valence-electron chi connectivity index (χ4n) is 1.78. The van der Waals surface area contributed by atoms with Gasteiger partial charge in [-0.15, -0.1) is 0 Å². The highest BCUT2D eigenvalue weighted by atomic mass is 16.4. The first-order valence-electron chi connectivity index (χ1n) is 5.29. The Bertz CT molecular complexity index is 242. The third kappa shape index (κ3) is 4.29. The van der Waals surface area contributed by atoms with E-state index in [4.69, 9.17) is 5.11 Å². The third-order valence-corrected chi connectivity index (χ3v) is 2.64. The molecule has 0 aliphatic heterocycles. The summed E-state index contributed by atoms with van der Waals surface area (Å²) in [6.07, 6.45) is 2.83. The molecule has 0 heterocycles. The highest BCUT2D eigenvalue weighted by molar-refractivity contribution is 5.80. The van der Waals surface area contributed by atoms with E-state index in [-0.39, 0.29) is 24.8 Å². The lowest BCUT2D eigenvalue weighted by atomic mass is 9.92. The topological polar surface area (TPSA) is 86.6 Å². The summed E-state index contributed by atoms with van der Waals surface area (Å²) in [6, 6.07) is -0.194. The number of carboxylic acid groups (broad SMARTS) is 1. The van der Waals surface area contributed by atoms with Gasteiger partial charge < -0.3 is 15.5 Å². The minimum absolute atomic E-state index is 0.0153. The maximum Gasteiger partial charge on any atom is 0.303 e. The minimum atomic E-state index is -0.977. The van der Waals surface area contributed by atoms with Crippen LogP contribution in [0.3, 0.4) is 0 Å². The van der Waals surface area contributed by atoms with Gasteiger partial charge in [-0.2, -0.15) is 0 Å². The number of carbonyl (C=O) groups is 2. The predicted octanol–water partition coefficient (Wildman–Crippen LogP) is 0.271. The van der Waals surface area contributed by atoms with Crippen molar-refractivity contribution in [3.63, 3.8) is 0 Å². The Balaban J connectivity index is 2.26. The minimum Gasteiger partial charge on any atom is -0.481 e. The molecule has 3 N–H and O–H groups in total. The molecule has 1 fully saturated rings. The van der Waals surface area contributed by atoms with Crippen LogP contribution in [0.1, 0.15) is 38.5 Å². The van der Waals surface area contributed by atoms with Gasteiger partial charge in [0.1, 0.15) is 0 Å². The molecule has 0 aromatic carbocycles. The lowest BCUT2D eigenvalue weighted by Gasteiger charge is -2.28. The van der Waals surface area contributed by atoms with Gasteiger partial charge in [0.15, 0.2) is 0 Å². The number of amides is 1. The first-order chi connectivity index (χ1) is 7.09. The maximum absolute atomic E-state index is 11.3. The Morgan fingerprint density at radius 2 is 1.87 bits per heavy atom. The zero-order valence-corrected chi connectivity index (χ0v) is 8.61. The Morgan fingerprint density at radius 3 is 2.47 bits per heavy atom. The Hall–Kier alpha value is -1.10. The molecule has 5 nitrogen and oxygen atoms in total. The summed E-state index contributed by atoms with van der Waals surface area (Å²) < 4.78 is 0. The first kappa shape index (κ1) is 12.0. The van der Waals surface area contributed by atoms with E-state index < -0.39 is 12.1 Å². The van der Waals surface area contributed by atoms with Crippen LogP contribution in [0.4, 0.5) is 0 Å². The molecule has 0 aromatic rings. The van der Waals surface area contributed by atoms with E-state index in [0.29, 0.717) is 6.42 Å². The highest BCUT2D eigenvalue weighted by Gasteiger charge is 2.24. The molecular formula is C10H17NO4. The van der Waals surface area contributed by atoms with E-state index in [9.17, 15) is 14.7 Å². The number of aliphatic carboxylic acids is 1. The van der Waals surface area contributed by atoms with Gasteiger partial charge in [-0.1, -0.05) is 12.8 Å². The molecule has 1 aliphatic carbocycles. The molecule has 1 amide bonds. The molecule has 1 saturated carbocycles. The van der Waals surface area contributed by atoms with E-state index in [1.807, 2.05) is 0 Å². The Labute approximate surface area is 88.5 Å². The summed E-state index contributed by atoms with van der Waals surface area (Å²) in [6.45, 7) is 0. The van der Waals surface area contributed by atoms with Crippen molar-refractivity contribution in [2.75, 3.05) is 0 Å². The number of carboxylic acids is 1. The van der Waals surface area contributed by atoms with Gasteiger partial charge in [0.05, 0.1) is 18.6 Å². The van der Waals surface area contributed by atoms with E-state index in [1.165, 1.54) is 0 Å². The average Bonchev–Trinajstić information content (AvgIpc) is 2.18. The number of hydrogen-bond donors (Lipinski definition) is 3. The summed E-state index contributed by atoms with van der Waals surface area (Å²) in [7, 11) is 0. The van der Waals surface area contributed by atoms with Crippen molar-refractivity contribution >= 4 is 11.9 Å². The second-order valence-electron chi connectivity index (χ2n) is 3.92. The molecule has 86 valence electrons. The fraction of sp³-hybridized carbons (Fsp3) is 0.800. The van der Waals surface area contributed by atoms with Crippen LogP contribution in [-0.2, 0) is 9.59 Å². The smallest absolute Gasteiger partial charge is 0.303 e. The maximum atomic E-state index is 11.3. The zero-order chi connectivity index (χ0) is 11.3. The fourth-order valence-corrected chi connectivity index (χ4v) is 1.78. The van der Waals surface area contributed by atoms with Gasteiger partial charge in [-0.3, -0.25) is 9.59 Å².